The van der Waals surface area contributed by atoms with E-state index in [0.717, 1.165) is 44.9 Å². The molecule has 0 atom stereocenters. The predicted octanol–water partition coefficient (Wildman–Crippen LogP) is 2.41. The summed E-state index contributed by atoms with van der Waals surface area (Å²) in [7, 11) is 0. The van der Waals surface area contributed by atoms with Crippen molar-refractivity contribution in [2.45, 2.75) is 52.4 Å². The monoisotopic (exact) mass is 252 g/mol. The van der Waals surface area contributed by atoms with Gasteiger partial charge in [0.25, 0.3) is 0 Å². The molecule has 18 heavy (non-hydrogen) atoms. The first kappa shape index (κ1) is 13.9. The summed E-state index contributed by atoms with van der Waals surface area (Å²) in [6.45, 7) is 8.39. The van der Waals surface area contributed by atoms with E-state index >= 15 is 0 Å². The van der Waals surface area contributed by atoms with Gasteiger partial charge in [-0.2, -0.15) is 0 Å². The molecule has 0 unspecified atom stereocenters. The van der Waals surface area contributed by atoms with Crippen molar-refractivity contribution in [3.63, 3.8) is 0 Å². The highest BCUT2D eigenvalue weighted by Crippen LogP contribution is 2.32. The van der Waals surface area contributed by atoms with Crippen LogP contribution in [-0.2, 0) is 4.79 Å². The highest BCUT2D eigenvalue weighted by atomic mass is 16.2. The van der Waals surface area contributed by atoms with E-state index in [1.807, 2.05) is 0 Å². The van der Waals surface area contributed by atoms with Crippen LogP contribution in [0.25, 0.3) is 0 Å². The summed E-state index contributed by atoms with van der Waals surface area (Å²) in [5, 5.41) is 3.35. The molecule has 2 aliphatic rings. The molecule has 0 aromatic rings. The van der Waals surface area contributed by atoms with Gasteiger partial charge in [0.15, 0.2) is 0 Å². The highest BCUT2D eigenvalue weighted by Gasteiger charge is 2.38. The van der Waals surface area contributed by atoms with Gasteiger partial charge in [0.2, 0.25) is 5.91 Å². The van der Waals surface area contributed by atoms with Crippen LogP contribution in [0.3, 0.4) is 0 Å². The first-order valence-electron chi connectivity index (χ1n) is 7.66. The Bertz CT molecular complexity index is 276. The van der Waals surface area contributed by atoms with E-state index in [9.17, 15) is 4.79 Å². The van der Waals surface area contributed by atoms with E-state index in [2.05, 4.69) is 24.1 Å². The minimum Gasteiger partial charge on any atom is -0.342 e. The molecule has 2 heterocycles. The van der Waals surface area contributed by atoms with Gasteiger partial charge >= 0.3 is 0 Å². The van der Waals surface area contributed by atoms with Gasteiger partial charge in [0.1, 0.15) is 0 Å². The van der Waals surface area contributed by atoms with Gasteiger partial charge < -0.3 is 10.2 Å². The van der Waals surface area contributed by atoms with Crippen molar-refractivity contribution in [1.29, 1.82) is 0 Å². The van der Waals surface area contributed by atoms with Crippen LogP contribution in [0.5, 0.6) is 0 Å². The fourth-order valence-corrected chi connectivity index (χ4v) is 3.41. The largest absolute Gasteiger partial charge is 0.342 e. The van der Waals surface area contributed by atoms with Crippen molar-refractivity contribution in [1.82, 2.24) is 10.2 Å². The zero-order valence-corrected chi connectivity index (χ0v) is 12.0. The molecular formula is C15H28N2O. The quantitative estimate of drug-likeness (QED) is 0.836. The molecule has 0 saturated carbocycles. The summed E-state index contributed by atoms with van der Waals surface area (Å²) in [5.74, 6) is 1.28. The fourth-order valence-electron chi connectivity index (χ4n) is 3.41. The molecule has 0 aromatic heterocycles. The standard InChI is InChI=1S/C15H28N2O/c1-3-4-13-5-11-17(12-6-13)14(18)15(2)7-9-16-10-8-15/h13,16H,3-12H2,1-2H3. The normalized spacial score (nSPS) is 25.1. The van der Waals surface area contributed by atoms with E-state index in [4.69, 9.17) is 0 Å². The number of nitrogens with zero attached hydrogens (tertiary/aromatic N) is 1. The van der Waals surface area contributed by atoms with Crippen molar-refractivity contribution in [2.75, 3.05) is 26.2 Å². The first-order valence-corrected chi connectivity index (χ1v) is 7.66. The van der Waals surface area contributed by atoms with E-state index in [1.165, 1.54) is 25.7 Å². The minimum absolute atomic E-state index is 0.0944. The van der Waals surface area contributed by atoms with Gasteiger partial charge in [-0.15, -0.1) is 0 Å². The lowest BCUT2D eigenvalue weighted by atomic mass is 9.79. The van der Waals surface area contributed by atoms with E-state index in [0.29, 0.717) is 5.91 Å². The van der Waals surface area contributed by atoms with Crippen molar-refractivity contribution < 1.29 is 4.79 Å². The number of hydrogen-bond acceptors (Lipinski definition) is 2. The van der Waals surface area contributed by atoms with Gasteiger partial charge in [0, 0.05) is 18.5 Å². The lowest BCUT2D eigenvalue weighted by Gasteiger charge is -2.40. The molecule has 1 N–H and O–H groups in total. The third kappa shape index (κ3) is 3.05. The van der Waals surface area contributed by atoms with Crippen LogP contribution >= 0.6 is 0 Å². The average molecular weight is 252 g/mol. The molecule has 2 aliphatic heterocycles. The second-order valence-electron chi connectivity index (χ2n) is 6.33. The van der Waals surface area contributed by atoms with Gasteiger partial charge in [-0.25, -0.2) is 0 Å². The number of nitrogens with one attached hydrogen (secondary N) is 1. The molecule has 0 bridgehead atoms. The minimum atomic E-state index is -0.0944. The third-order valence-corrected chi connectivity index (χ3v) is 4.82. The molecule has 0 spiro atoms. The second-order valence-corrected chi connectivity index (χ2v) is 6.33. The van der Waals surface area contributed by atoms with Crippen LogP contribution in [0.4, 0.5) is 0 Å². The van der Waals surface area contributed by atoms with E-state index < -0.39 is 0 Å². The summed E-state index contributed by atoms with van der Waals surface area (Å²) in [6, 6.07) is 0. The molecule has 2 rings (SSSR count). The number of carbonyl (C=O) groups excluding carboxylic acids is 1. The molecule has 2 fully saturated rings. The Kier molecular flexibility index (Phi) is 4.66. The molecule has 2 saturated heterocycles. The van der Waals surface area contributed by atoms with E-state index in [1.54, 1.807) is 0 Å². The van der Waals surface area contributed by atoms with Crippen LogP contribution in [0.2, 0.25) is 0 Å². The molecule has 104 valence electrons. The van der Waals surface area contributed by atoms with E-state index in [-0.39, 0.29) is 5.41 Å². The van der Waals surface area contributed by atoms with Crippen molar-refractivity contribution in [2.24, 2.45) is 11.3 Å². The molecule has 3 heteroatoms. The summed E-state index contributed by atoms with van der Waals surface area (Å²) in [4.78, 5) is 14.8. The lowest BCUT2D eigenvalue weighted by Crippen LogP contribution is -2.50. The molecular weight excluding hydrogens is 224 g/mol. The Labute approximate surface area is 111 Å². The Hall–Kier alpha value is -0.570. The summed E-state index contributed by atoms with van der Waals surface area (Å²) >= 11 is 0. The van der Waals surface area contributed by atoms with Crippen molar-refractivity contribution in [3.05, 3.63) is 0 Å². The number of carbonyl (C=O) groups is 1. The number of amides is 1. The average Bonchev–Trinajstić information content (AvgIpc) is 2.40. The number of rotatable bonds is 3. The van der Waals surface area contributed by atoms with Crippen LogP contribution < -0.4 is 5.32 Å². The van der Waals surface area contributed by atoms with Crippen molar-refractivity contribution >= 4 is 5.91 Å². The van der Waals surface area contributed by atoms with Crippen molar-refractivity contribution in [3.8, 4) is 0 Å². The van der Waals surface area contributed by atoms with Gasteiger partial charge in [-0.1, -0.05) is 26.7 Å². The van der Waals surface area contributed by atoms with Crippen LogP contribution in [0, 0.1) is 11.3 Å². The predicted molar refractivity (Wildman–Crippen MR) is 74.4 cm³/mol. The lowest BCUT2D eigenvalue weighted by molar-refractivity contribution is -0.144. The molecule has 1 amide bonds. The topological polar surface area (TPSA) is 32.3 Å². The maximum atomic E-state index is 12.6. The van der Waals surface area contributed by atoms with Crippen LogP contribution in [0.15, 0.2) is 0 Å². The zero-order chi connectivity index (χ0) is 13.0. The first-order chi connectivity index (χ1) is 8.65. The fraction of sp³-hybridized carbons (Fsp3) is 0.933. The van der Waals surface area contributed by atoms with Gasteiger partial charge in [-0.3, -0.25) is 4.79 Å². The van der Waals surface area contributed by atoms with Gasteiger partial charge in [0.05, 0.1) is 0 Å². The second kappa shape index (κ2) is 6.05. The zero-order valence-electron chi connectivity index (χ0n) is 12.0. The van der Waals surface area contributed by atoms with Crippen LogP contribution in [0.1, 0.15) is 52.4 Å². The third-order valence-electron chi connectivity index (χ3n) is 4.82. The molecule has 0 aromatic carbocycles. The number of likely N-dealkylation sites (tertiary alicyclic amines) is 1. The van der Waals surface area contributed by atoms with Crippen LogP contribution in [-0.4, -0.2) is 37.0 Å². The molecule has 0 radical (unpaired) electrons. The highest BCUT2D eigenvalue weighted by molar-refractivity contribution is 5.82. The summed E-state index contributed by atoms with van der Waals surface area (Å²) < 4.78 is 0. The van der Waals surface area contributed by atoms with Gasteiger partial charge in [-0.05, 0) is 44.7 Å². The SMILES string of the molecule is CCCC1CCN(C(=O)C2(C)CCNCC2)CC1. The Morgan fingerprint density at radius 3 is 2.44 bits per heavy atom. The summed E-state index contributed by atoms with van der Waals surface area (Å²) in [6.07, 6.45) is 7.05. The maximum Gasteiger partial charge on any atom is 0.228 e. The Balaban J connectivity index is 1.86. The maximum absolute atomic E-state index is 12.6. The summed E-state index contributed by atoms with van der Waals surface area (Å²) in [5.41, 5.74) is -0.0944. The number of piperidine rings is 2. The molecule has 3 nitrogen and oxygen atoms in total. The number of hydrogen-bond donors (Lipinski definition) is 1. The Morgan fingerprint density at radius 2 is 1.89 bits per heavy atom. The smallest absolute Gasteiger partial charge is 0.228 e. The molecule has 0 aliphatic carbocycles. The Morgan fingerprint density at radius 1 is 1.28 bits per heavy atom.